The van der Waals surface area contributed by atoms with E-state index in [9.17, 15) is 4.79 Å². The van der Waals surface area contributed by atoms with Gasteiger partial charge in [-0.2, -0.15) is 0 Å². The van der Waals surface area contributed by atoms with Crippen molar-refractivity contribution in [2.24, 2.45) is 17.8 Å². The smallest absolute Gasteiger partial charge is 0.309 e. The molecule has 1 unspecified atom stereocenters. The zero-order chi connectivity index (χ0) is 13.0. The van der Waals surface area contributed by atoms with Crippen LogP contribution >= 0.6 is 0 Å². The summed E-state index contributed by atoms with van der Waals surface area (Å²) < 4.78 is 5.23. The van der Waals surface area contributed by atoms with Crippen LogP contribution in [-0.4, -0.2) is 12.1 Å². The summed E-state index contributed by atoms with van der Waals surface area (Å²) in [6.45, 7) is 4.62. The lowest BCUT2D eigenvalue weighted by atomic mass is 9.71. The Morgan fingerprint density at radius 3 is 2.11 bits per heavy atom. The van der Waals surface area contributed by atoms with E-state index in [0.29, 0.717) is 12.3 Å². The minimum absolute atomic E-state index is 0.0111. The van der Waals surface area contributed by atoms with Gasteiger partial charge in [0.05, 0.1) is 6.42 Å². The van der Waals surface area contributed by atoms with Gasteiger partial charge in [-0.25, -0.2) is 0 Å². The Morgan fingerprint density at radius 1 is 1.11 bits per heavy atom. The number of hydrogen-bond donors (Lipinski definition) is 0. The van der Waals surface area contributed by atoms with Crippen LogP contribution in [-0.2, 0) is 9.53 Å². The van der Waals surface area contributed by atoms with E-state index in [1.54, 1.807) is 0 Å². The third-order valence-electron chi connectivity index (χ3n) is 4.98. The topological polar surface area (TPSA) is 26.3 Å². The molecule has 1 aliphatic carbocycles. The van der Waals surface area contributed by atoms with Crippen LogP contribution in [0.5, 0.6) is 0 Å². The minimum Gasteiger partial charge on any atom is -0.461 e. The van der Waals surface area contributed by atoms with Gasteiger partial charge >= 0.3 is 5.97 Å². The molecule has 2 heteroatoms. The molecule has 1 aliphatic heterocycles. The van der Waals surface area contributed by atoms with Gasteiger partial charge < -0.3 is 4.74 Å². The molecule has 1 heterocycles. The molecule has 18 heavy (non-hydrogen) atoms. The molecule has 0 N–H and O–H groups in total. The monoisotopic (exact) mass is 252 g/mol. The molecule has 0 radical (unpaired) electrons. The van der Waals surface area contributed by atoms with E-state index in [-0.39, 0.29) is 12.1 Å². The van der Waals surface area contributed by atoms with Crippen LogP contribution in [0.2, 0.25) is 0 Å². The normalized spacial score (nSPS) is 32.2. The van der Waals surface area contributed by atoms with Gasteiger partial charge in [0.1, 0.15) is 6.10 Å². The lowest BCUT2D eigenvalue weighted by molar-refractivity contribution is -0.176. The second-order valence-electron chi connectivity index (χ2n) is 6.24. The molecule has 2 fully saturated rings. The summed E-state index contributed by atoms with van der Waals surface area (Å²) in [5.41, 5.74) is 0. The highest BCUT2D eigenvalue weighted by Crippen LogP contribution is 2.41. The molecular formula is C16H28O2. The fourth-order valence-electron chi connectivity index (χ4n) is 3.93. The molecule has 104 valence electrons. The second kappa shape index (κ2) is 6.58. The van der Waals surface area contributed by atoms with Gasteiger partial charge in [0.2, 0.25) is 0 Å². The van der Waals surface area contributed by atoms with Crippen LogP contribution in [0.25, 0.3) is 0 Å². The quantitative estimate of drug-likeness (QED) is 0.658. The van der Waals surface area contributed by atoms with Crippen LogP contribution in [0, 0.1) is 17.8 Å². The second-order valence-corrected chi connectivity index (χ2v) is 6.24. The van der Waals surface area contributed by atoms with Gasteiger partial charge in [-0.05, 0) is 43.4 Å². The van der Waals surface area contributed by atoms with E-state index in [2.05, 4.69) is 13.8 Å². The lowest BCUT2D eigenvalue weighted by Crippen LogP contribution is -2.40. The zero-order valence-corrected chi connectivity index (χ0v) is 12.0. The Labute approximate surface area is 111 Å². The Bertz CT molecular complexity index is 252. The third-order valence-corrected chi connectivity index (χ3v) is 4.98. The maximum atomic E-state index is 10.9. The number of esters is 1. The fraction of sp³-hybridized carbons (Fsp3) is 0.938. The number of cyclic esters (lactones) is 1. The number of carbonyl (C=O) groups is 1. The van der Waals surface area contributed by atoms with Crippen molar-refractivity contribution in [1.82, 2.24) is 0 Å². The van der Waals surface area contributed by atoms with Gasteiger partial charge in [-0.1, -0.05) is 39.5 Å². The molecule has 0 amide bonds. The van der Waals surface area contributed by atoms with Crippen molar-refractivity contribution < 1.29 is 9.53 Å². The number of hydrogen-bond acceptors (Lipinski definition) is 2. The van der Waals surface area contributed by atoms with Crippen molar-refractivity contribution in [3.05, 3.63) is 0 Å². The molecule has 0 spiro atoms. The van der Waals surface area contributed by atoms with Crippen LogP contribution in [0.1, 0.15) is 71.6 Å². The first-order valence-corrected chi connectivity index (χ1v) is 7.94. The predicted octanol–water partition coefficient (Wildman–Crippen LogP) is 4.32. The molecule has 0 aromatic rings. The number of rotatable bonds is 6. The summed E-state index contributed by atoms with van der Waals surface area (Å²) in [5.74, 6) is 2.57. The van der Waals surface area contributed by atoms with Crippen molar-refractivity contribution >= 4 is 5.97 Å². The van der Waals surface area contributed by atoms with Gasteiger partial charge in [-0.3, -0.25) is 4.79 Å². The maximum absolute atomic E-state index is 10.9. The number of carbonyl (C=O) groups excluding carboxylic acids is 1. The van der Waals surface area contributed by atoms with E-state index in [0.717, 1.165) is 11.8 Å². The summed E-state index contributed by atoms with van der Waals surface area (Å²) in [7, 11) is 0. The Kier molecular flexibility index (Phi) is 5.08. The zero-order valence-electron chi connectivity index (χ0n) is 12.0. The standard InChI is InChI=1S/C16H28O2/c1-3-5-12(6-4-2)13-7-9-14(10-8-13)15-11-16(17)18-15/h12-15H,3-11H2,1-2H3. The van der Waals surface area contributed by atoms with Gasteiger partial charge in [0.15, 0.2) is 0 Å². The van der Waals surface area contributed by atoms with Crippen molar-refractivity contribution in [3.63, 3.8) is 0 Å². The fourth-order valence-corrected chi connectivity index (χ4v) is 3.93. The first-order valence-electron chi connectivity index (χ1n) is 7.94. The highest BCUT2D eigenvalue weighted by molar-refractivity contribution is 5.75. The summed E-state index contributed by atoms with van der Waals surface area (Å²) in [6.07, 6.45) is 11.7. The molecule has 2 rings (SSSR count). The van der Waals surface area contributed by atoms with Gasteiger partial charge in [-0.15, -0.1) is 0 Å². The Hall–Kier alpha value is -0.530. The Morgan fingerprint density at radius 2 is 1.67 bits per heavy atom. The van der Waals surface area contributed by atoms with Crippen LogP contribution in [0.4, 0.5) is 0 Å². The molecule has 0 aromatic carbocycles. The van der Waals surface area contributed by atoms with Crippen LogP contribution in [0.15, 0.2) is 0 Å². The van der Waals surface area contributed by atoms with Gasteiger partial charge in [0.25, 0.3) is 0 Å². The summed E-state index contributed by atoms with van der Waals surface area (Å²) >= 11 is 0. The van der Waals surface area contributed by atoms with Crippen LogP contribution < -0.4 is 0 Å². The van der Waals surface area contributed by atoms with Crippen LogP contribution in [0.3, 0.4) is 0 Å². The molecule has 1 saturated heterocycles. The minimum atomic E-state index is 0.0111. The first-order chi connectivity index (χ1) is 8.74. The SMILES string of the molecule is CCCC(CCC)C1CCC(C2CC(=O)O2)CC1. The van der Waals surface area contributed by atoms with Gasteiger partial charge in [0, 0.05) is 0 Å². The average molecular weight is 252 g/mol. The summed E-state index contributed by atoms with van der Waals surface area (Å²) in [5, 5.41) is 0. The average Bonchev–Trinajstić information content (AvgIpc) is 2.35. The predicted molar refractivity (Wildman–Crippen MR) is 73.3 cm³/mol. The van der Waals surface area contributed by atoms with Crippen molar-refractivity contribution in [2.75, 3.05) is 0 Å². The Balaban J connectivity index is 1.75. The lowest BCUT2D eigenvalue weighted by Gasteiger charge is -2.39. The van der Waals surface area contributed by atoms with Crippen molar-refractivity contribution in [3.8, 4) is 0 Å². The van der Waals surface area contributed by atoms with Crippen molar-refractivity contribution in [2.45, 2.75) is 77.7 Å². The van der Waals surface area contributed by atoms with Crippen molar-refractivity contribution in [1.29, 1.82) is 0 Å². The molecule has 2 nitrogen and oxygen atoms in total. The van der Waals surface area contributed by atoms with E-state index in [4.69, 9.17) is 4.74 Å². The molecule has 0 aromatic heterocycles. The molecule has 1 saturated carbocycles. The molecule has 0 bridgehead atoms. The molecule has 2 aliphatic rings. The van der Waals surface area contributed by atoms with E-state index in [1.807, 2.05) is 0 Å². The van der Waals surface area contributed by atoms with E-state index in [1.165, 1.54) is 51.4 Å². The molecule has 1 atom stereocenters. The van der Waals surface area contributed by atoms with E-state index < -0.39 is 0 Å². The summed E-state index contributed by atoms with van der Waals surface area (Å²) in [6, 6.07) is 0. The van der Waals surface area contributed by atoms with E-state index >= 15 is 0 Å². The highest BCUT2D eigenvalue weighted by Gasteiger charge is 2.38. The third kappa shape index (κ3) is 3.27. The first kappa shape index (κ1) is 13.9. The highest BCUT2D eigenvalue weighted by atomic mass is 16.6. The summed E-state index contributed by atoms with van der Waals surface area (Å²) in [4.78, 5) is 10.9. The number of ether oxygens (including phenoxy) is 1. The maximum Gasteiger partial charge on any atom is 0.309 e. The molecular weight excluding hydrogens is 224 g/mol. The largest absolute Gasteiger partial charge is 0.461 e.